The Morgan fingerprint density at radius 3 is 2.53 bits per heavy atom. The van der Waals surface area contributed by atoms with Gasteiger partial charge in [-0.25, -0.2) is 4.57 Å². The van der Waals surface area contributed by atoms with Crippen molar-refractivity contribution in [3.05, 3.63) is 81.9 Å². The van der Waals surface area contributed by atoms with Crippen molar-refractivity contribution in [3.63, 3.8) is 0 Å². The first kappa shape index (κ1) is 20.0. The summed E-state index contributed by atoms with van der Waals surface area (Å²) in [5.41, 5.74) is 3.15. The molecular weight excluding hydrogens is 407 g/mol. The van der Waals surface area contributed by atoms with Crippen LogP contribution in [0.15, 0.2) is 54.9 Å². The molecule has 0 radical (unpaired) electrons. The van der Waals surface area contributed by atoms with Crippen LogP contribution in [0.2, 0.25) is 0 Å². The monoisotopic (exact) mass is 422 g/mol. The third kappa shape index (κ3) is 4.04. The first-order valence-electron chi connectivity index (χ1n) is 9.02. The maximum atomic E-state index is 11.1. The minimum Gasteiger partial charge on any atom is -0.418 e. The molecule has 2 aliphatic rings. The molecule has 7 nitrogen and oxygen atoms in total. The molecule has 30 heavy (non-hydrogen) atoms. The number of halogens is 4. The number of para-hydroxylation sites is 1. The van der Waals surface area contributed by atoms with Crippen LogP contribution in [-0.4, -0.2) is 28.1 Å². The quantitative estimate of drug-likeness (QED) is 0.209. The SMILES string of the molecule is F[B-](F)(F)F.O=[N+]([O-])c1ccc2c(c1)[C@H]1[C@@H](C2)OCc2nn(-c3ccccc3)c[n+]21. The third-order valence-electron chi connectivity index (χ3n) is 4.93. The molecule has 0 amide bonds. The van der Waals surface area contributed by atoms with E-state index in [1.165, 1.54) is 0 Å². The van der Waals surface area contributed by atoms with Crippen LogP contribution in [0.3, 0.4) is 0 Å². The zero-order valence-electron chi connectivity index (χ0n) is 15.4. The van der Waals surface area contributed by atoms with Gasteiger partial charge in [0.2, 0.25) is 6.33 Å². The van der Waals surface area contributed by atoms with Crippen LogP contribution >= 0.6 is 0 Å². The Morgan fingerprint density at radius 2 is 1.87 bits per heavy atom. The van der Waals surface area contributed by atoms with Crippen LogP contribution in [0.5, 0.6) is 0 Å². The molecule has 0 saturated carbocycles. The number of ether oxygens (including phenoxy) is 1. The highest BCUT2D eigenvalue weighted by atomic mass is 19.5. The Balaban J connectivity index is 0.000000393. The van der Waals surface area contributed by atoms with Gasteiger partial charge in [-0.15, -0.1) is 0 Å². The molecule has 0 saturated heterocycles. The summed E-state index contributed by atoms with van der Waals surface area (Å²) in [6.45, 7) is 0.442. The van der Waals surface area contributed by atoms with E-state index >= 15 is 0 Å². The second-order valence-electron chi connectivity index (χ2n) is 6.85. The highest BCUT2D eigenvalue weighted by Gasteiger charge is 2.44. The number of rotatable bonds is 2. The van der Waals surface area contributed by atoms with Crippen LogP contribution in [0.4, 0.5) is 23.0 Å². The van der Waals surface area contributed by atoms with Gasteiger partial charge in [0.05, 0.1) is 4.92 Å². The van der Waals surface area contributed by atoms with Crippen molar-refractivity contribution < 1.29 is 31.5 Å². The first-order chi connectivity index (χ1) is 14.2. The highest BCUT2D eigenvalue weighted by Crippen LogP contribution is 2.37. The minimum atomic E-state index is -6.00. The van der Waals surface area contributed by atoms with E-state index in [1.807, 2.05) is 47.4 Å². The number of nitrogens with zero attached hydrogens (tertiary/aromatic N) is 4. The third-order valence-corrected chi connectivity index (χ3v) is 4.93. The lowest BCUT2D eigenvalue weighted by atomic mass is 10.1. The van der Waals surface area contributed by atoms with Crippen LogP contribution in [0.25, 0.3) is 5.69 Å². The predicted molar refractivity (Wildman–Crippen MR) is 97.5 cm³/mol. The van der Waals surface area contributed by atoms with Gasteiger partial charge in [0.15, 0.2) is 0 Å². The molecular formula is C18H15BF4N4O3. The predicted octanol–water partition coefficient (Wildman–Crippen LogP) is 3.41. The van der Waals surface area contributed by atoms with E-state index in [2.05, 4.69) is 9.67 Å². The number of hydrogen-bond donors (Lipinski definition) is 0. The summed E-state index contributed by atoms with van der Waals surface area (Å²) < 4.78 is 48.9. The summed E-state index contributed by atoms with van der Waals surface area (Å²) in [7, 11) is -6.00. The lowest BCUT2D eigenvalue weighted by Crippen LogP contribution is -2.51. The van der Waals surface area contributed by atoms with Gasteiger partial charge in [-0.05, 0) is 17.7 Å². The molecule has 0 fully saturated rings. The highest BCUT2D eigenvalue weighted by molar-refractivity contribution is 6.50. The molecule has 0 spiro atoms. The molecule has 0 N–H and O–H groups in total. The second-order valence-corrected chi connectivity index (χ2v) is 6.85. The first-order valence-corrected chi connectivity index (χ1v) is 9.02. The van der Waals surface area contributed by atoms with Gasteiger partial charge in [0.1, 0.15) is 24.4 Å². The molecule has 1 aliphatic carbocycles. The van der Waals surface area contributed by atoms with Crippen molar-refractivity contribution in [2.45, 2.75) is 25.2 Å². The fraction of sp³-hybridized carbons (Fsp3) is 0.222. The standard InChI is InChI=1S/C18H15N4O3.BF4/c23-22(24)14-7-6-12-8-16-18(15(12)9-14)20-11-21(19-17(20)10-25-16)13-4-2-1-3-5-13;2-1(3,4)5/h1-7,9,11,16,18H,8,10H2;/q+1;-1/t16-,18+;/m1./s1. The van der Waals surface area contributed by atoms with Crippen LogP contribution in [0.1, 0.15) is 23.0 Å². The van der Waals surface area contributed by atoms with Gasteiger partial charge in [-0.2, -0.15) is 0 Å². The molecule has 2 atom stereocenters. The number of nitro groups is 1. The maximum Gasteiger partial charge on any atom is 0.673 e. The normalized spacial score (nSPS) is 19.2. The smallest absolute Gasteiger partial charge is 0.418 e. The summed E-state index contributed by atoms with van der Waals surface area (Å²) in [6.07, 6.45) is 2.71. The van der Waals surface area contributed by atoms with Crippen molar-refractivity contribution in [3.8, 4) is 5.69 Å². The molecule has 12 heteroatoms. The average molecular weight is 422 g/mol. The molecule has 2 heterocycles. The molecule has 1 aromatic heterocycles. The molecule has 5 rings (SSSR count). The van der Waals surface area contributed by atoms with Gasteiger partial charge in [0.25, 0.3) is 5.69 Å². The molecule has 1 aliphatic heterocycles. The molecule has 3 aromatic rings. The van der Waals surface area contributed by atoms with E-state index < -0.39 is 7.25 Å². The zero-order chi connectivity index (χ0) is 21.5. The Kier molecular flexibility index (Phi) is 5.02. The lowest BCUT2D eigenvalue weighted by molar-refractivity contribution is -0.739. The molecule has 0 bridgehead atoms. The second kappa shape index (κ2) is 7.52. The van der Waals surface area contributed by atoms with Gasteiger partial charge in [0, 0.05) is 29.2 Å². The summed E-state index contributed by atoms with van der Waals surface area (Å²) in [6, 6.07) is 14.9. The maximum absolute atomic E-state index is 11.1. The number of nitro benzene ring substituents is 1. The van der Waals surface area contributed by atoms with E-state index in [-0.39, 0.29) is 22.8 Å². The van der Waals surface area contributed by atoms with E-state index in [0.717, 1.165) is 29.1 Å². The van der Waals surface area contributed by atoms with E-state index in [1.54, 1.807) is 12.1 Å². The number of benzene rings is 2. The summed E-state index contributed by atoms with van der Waals surface area (Å²) in [5, 5.41) is 15.8. The molecule has 2 aromatic carbocycles. The fourth-order valence-corrected chi connectivity index (χ4v) is 3.77. The largest absolute Gasteiger partial charge is 0.673 e. The van der Waals surface area contributed by atoms with Crippen LogP contribution in [-0.2, 0) is 17.8 Å². The van der Waals surface area contributed by atoms with Gasteiger partial charge in [-0.3, -0.25) is 10.1 Å². The summed E-state index contributed by atoms with van der Waals surface area (Å²) in [5.74, 6) is 0.824. The number of aromatic nitrogens is 3. The lowest BCUT2D eigenvalue weighted by Gasteiger charge is -2.23. The number of hydrogen-bond acceptors (Lipinski definition) is 4. The average Bonchev–Trinajstić information content (AvgIpc) is 3.27. The summed E-state index contributed by atoms with van der Waals surface area (Å²) in [4.78, 5) is 10.8. The molecule has 156 valence electrons. The van der Waals surface area contributed by atoms with Crippen molar-refractivity contribution >= 4 is 12.9 Å². The number of fused-ring (bicyclic) bond motifs is 5. The van der Waals surface area contributed by atoms with Gasteiger partial charge < -0.3 is 22.0 Å². The van der Waals surface area contributed by atoms with Crippen LogP contribution < -0.4 is 4.57 Å². The van der Waals surface area contributed by atoms with Crippen molar-refractivity contribution in [2.24, 2.45) is 0 Å². The van der Waals surface area contributed by atoms with E-state index in [0.29, 0.717) is 6.61 Å². The Hall–Kier alpha value is -3.28. The minimum absolute atomic E-state index is 0.0112. The zero-order valence-corrected chi connectivity index (χ0v) is 15.4. The van der Waals surface area contributed by atoms with E-state index in [9.17, 15) is 27.4 Å². The van der Waals surface area contributed by atoms with Crippen molar-refractivity contribution in [2.75, 3.05) is 0 Å². The van der Waals surface area contributed by atoms with Crippen molar-refractivity contribution in [1.29, 1.82) is 0 Å². The Labute approximate surface area is 167 Å². The Morgan fingerprint density at radius 1 is 1.17 bits per heavy atom. The topological polar surface area (TPSA) is 74.1 Å². The van der Waals surface area contributed by atoms with Crippen molar-refractivity contribution in [1.82, 2.24) is 9.78 Å². The van der Waals surface area contributed by atoms with Gasteiger partial charge >= 0.3 is 13.1 Å². The Bertz CT molecular complexity index is 1080. The summed E-state index contributed by atoms with van der Waals surface area (Å²) >= 11 is 0. The number of non-ortho nitro benzene ring substituents is 1. The fourth-order valence-electron chi connectivity index (χ4n) is 3.77. The molecule has 0 unspecified atom stereocenters. The van der Waals surface area contributed by atoms with E-state index in [4.69, 9.17) is 4.74 Å². The van der Waals surface area contributed by atoms with Crippen LogP contribution in [0, 0.1) is 10.1 Å². The van der Waals surface area contributed by atoms with Gasteiger partial charge in [-0.1, -0.05) is 28.9 Å².